The Kier molecular flexibility index (Phi) is 2.55. The molecule has 0 saturated carbocycles. The molecule has 1 aliphatic rings. The maximum atomic E-state index is 8.98. The summed E-state index contributed by atoms with van der Waals surface area (Å²) >= 11 is 0. The minimum absolute atomic E-state index is 0.572. The van der Waals surface area contributed by atoms with E-state index in [0.29, 0.717) is 24.3 Å². The number of fused-ring (bicyclic) bond motifs is 1. The molecule has 0 aliphatic carbocycles. The molecule has 0 amide bonds. The third kappa shape index (κ3) is 1.64. The molecule has 0 saturated heterocycles. The van der Waals surface area contributed by atoms with Crippen LogP contribution in [0.25, 0.3) is 0 Å². The highest BCUT2D eigenvalue weighted by molar-refractivity contribution is 6.05. The van der Waals surface area contributed by atoms with Gasteiger partial charge in [-0.05, 0) is 12.1 Å². The second-order valence-corrected chi connectivity index (χ2v) is 3.11. The summed E-state index contributed by atoms with van der Waals surface area (Å²) in [6, 6.07) is 7.51. The van der Waals surface area contributed by atoms with Crippen molar-refractivity contribution in [1.29, 1.82) is 5.26 Å². The first-order valence-electron chi connectivity index (χ1n) is 4.63. The molecule has 4 heteroatoms. The molecule has 0 fully saturated rings. The summed E-state index contributed by atoms with van der Waals surface area (Å²) in [5.41, 5.74) is 2.10. The molecule has 0 N–H and O–H groups in total. The van der Waals surface area contributed by atoms with Crippen molar-refractivity contribution in [2.75, 3.05) is 13.7 Å². The summed E-state index contributed by atoms with van der Waals surface area (Å²) in [6.07, 6.45) is 0.666. The van der Waals surface area contributed by atoms with Gasteiger partial charge in [0.1, 0.15) is 12.9 Å². The summed E-state index contributed by atoms with van der Waals surface area (Å²) in [6.45, 7) is 0.573. The molecule has 15 heavy (non-hydrogen) atoms. The molecular weight excluding hydrogens is 192 g/mol. The summed E-state index contributed by atoms with van der Waals surface area (Å²) in [5.74, 6) is 0.705. The average Bonchev–Trinajstić information content (AvgIpc) is 2.29. The molecule has 1 aromatic rings. The zero-order valence-electron chi connectivity index (χ0n) is 8.36. The van der Waals surface area contributed by atoms with E-state index in [2.05, 4.69) is 11.2 Å². The van der Waals surface area contributed by atoms with Gasteiger partial charge < -0.3 is 9.57 Å². The van der Waals surface area contributed by atoms with E-state index < -0.39 is 0 Å². The summed E-state index contributed by atoms with van der Waals surface area (Å²) in [4.78, 5) is 4.76. The minimum Gasteiger partial charge on any atom is -0.492 e. The van der Waals surface area contributed by atoms with E-state index in [-0.39, 0.29) is 0 Å². The Labute approximate surface area is 87.7 Å². The standard InChI is InChI=1S/C11H10N2O2/c1-14-13-9-5-6-15-10-4-2-3-8(7-12)11(9)10/h2-4H,5-6H2,1H3/b13-9-. The molecule has 0 spiro atoms. The Hall–Kier alpha value is -2.02. The zero-order chi connectivity index (χ0) is 10.7. The number of ether oxygens (including phenoxy) is 1. The lowest BCUT2D eigenvalue weighted by Gasteiger charge is -2.19. The van der Waals surface area contributed by atoms with Gasteiger partial charge in [0.2, 0.25) is 0 Å². The van der Waals surface area contributed by atoms with Crippen molar-refractivity contribution >= 4 is 5.71 Å². The first-order chi connectivity index (χ1) is 7.36. The van der Waals surface area contributed by atoms with E-state index >= 15 is 0 Å². The second kappa shape index (κ2) is 4.01. The van der Waals surface area contributed by atoms with Crippen LogP contribution >= 0.6 is 0 Å². The molecule has 1 aromatic carbocycles. The van der Waals surface area contributed by atoms with Gasteiger partial charge in [0, 0.05) is 6.42 Å². The van der Waals surface area contributed by atoms with Crippen LogP contribution < -0.4 is 4.74 Å². The van der Waals surface area contributed by atoms with E-state index in [1.807, 2.05) is 6.07 Å². The van der Waals surface area contributed by atoms with Crippen molar-refractivity contribution in [3.8, 4) is 11.8 Å². The Balaban J connectivity index is 2.59. The van der Waals surface area contributed by atoms with Crippen molar-refractivity contribution in [3.05, 3.63) is 29.3 Å². The number of oxime groups is 1. The van der Waals surface area contributed by atoms with Gasteiger partial charge in [0.05, 0.1) is 29.5 Å². The van der Waals surface area contributed by atoms with Gasteiger partial charge in [-0.25, -0.2) is 0 Å². The van der Waals surface area contributed by atoms with Crippen LogP contribution in [0.15, 0.2) is 23.4 Å². The number of rotatable bonds is 1. The average molecular weight is 202 g/mol. The van der Waals surface area contributed by atoms with Gasteiger partial charge in [0.25, 0.3) is 0 Å². The van der Waals surface area contributed by atoms with E-state index in [1.165, 1.54) is 7.11 Å². The highest BCUT2D eigenvalue weighted by atomic mass is 16.6. The molecule has 0 aromatic heterocycles. The fourth-order valence-corrected chi connectivity index (χ4v) is 1.63. The van der Waals surface area contributed by atoms with E-state index in [0.717, 1.165) is 11.3 Å². The molecule has 76 valence electrons. The van der Waals surface area contributed by atoms with Crippen molar-refractivity contribution in [3.63, 3.8) is 0 Å². The van der Waals surface area contributed by atoms with E-state index in [4.69, 9.17) is 14.8 Å². The Morgan fingerprint density at radius 2 is 2.40 bits per heavy atom. The lowest BCUT2D eigenvalue weighted by molar-refractivity contribution is 0.210. The summed E-state index contributed by atoms with van der Waals surface area (Å²) < 4.78 is 5.46. The minimum atomic E-state index is 0.572. The van der Waals surface area contributed by atoms with Crippen LogP contribution in [-0.2, 0) is 4.84 Å². The van der Waals surface area contributed by atoms with E-state index in [9.17, 15) is 0 Å². The quantitative estimate of drug-likeness (QED) is 0.651. The third-order valence-corrected chi connectivity index (χ3v) is 2.23. The molecule has 0 radical (unpaired) electrons. The van der Waals surface area contributed by atoms with Crippen molar-refractivity contribution in [1.82, 2.24) is 0 Å². The van der Waals surface area contributed by atoms with Gasteiger partial charge in [0.15, 0.2) is 0 Å². The Morgan fingerprint density at radius 1 is 1.53 bits per heavy atom. The van der Waals surface area contributed by atoms with Crippen LogP contribution in [0.5, 0.6) is 5.75 Å². The van der Waals surface area contributed by atoms with Crippen LogP contribution in [0.2, 0.25) is 0 Å². The molecule has 2 rings (SSSR count). The van der Waals surface area contributed by atoms with Gasteiger partial charge in [-0.1, -0.05) is 11.2 Å². The maximum Gasteiger partial charge on any atom is 0.129 e. The number of benzene rings is 1. The topological polar surface area (TPSA) is 54.6 Å². The zero-order valence-corrected chi connectivity index (χ0v) is 8.36. The van der Waals surface area contributed by atoms with Crippen LogP contribution in [0.3, 0.4) is 0 Å². The predicted octanol–water partition coefficient (Wildman–Crippen LogP) is 1.69. The third-order valence-electron chi connectivity index (χ3n) is 2.23. The molecular formula is C11H10N2O2. The highest BCUT2D eigenvalue weighted by Gasteiger charge is 2.20. The van der Waals surface area contributed by atoms with Crippen LogP contribution in [0.1, 0.15) is 17.5 Å². The van der Waals surface area contributed by atoms with Gasteiger partial charge in [-0.2, -0.15) is 5.26 Å². The van der Waals surface area contributed by atoms with Gasteiger partial charge in [-0.15, -0.1) is 0 Å². The lowest BCUT2D eigenvalue weighted by Crippen LogP contribution is -2.17. The summed E-state index contributed by atoms with van der Waals surface area (Å²) in [5, 5.41) is 12.9. The SMILES string of the molecule is CO/N=C1/CCOc2cccc(C#N)c21. The maximum absolute atomic E-state index is 8.98. The molecule has 0 atom stereocenters. The number of hydrogen-bond acceptors (Lipinski definition) is 4. The number of nitriles is 1. The van der Waals surface area contributed by atoms with Crippen LogP contribution in [-0.4, -0.2) is 19.4 Å². The summed E-state index contributed by atoms with van der Waals surface area (Å²) in [7, 11) is 1.50. The van der Waals surface area contributed by atoms with Gasteiger partial charge >= 0.3 is 0 Å². The van der Waals surface area contributed by atoms with Crippen molar-refractivity contribution < 1.29 is 9.57 Å². The van der Waals surface area contributed by atoms with Crippen molar-refractivity contribution in [2.24, 2.45) is 5.16 Å². The Bertz CT molecular complexity index is 446. The predicted molar refractivity (Wildman–Crippen MR) is 54.8 cm³/mol. The van der Waals surface area contributed by atoms with Crippen molar-refractivity contribution in [2.45, 2.75) is 6.42 Å². The molecule has 4 nitrogen and oxygen atoms in total. The first kappa shape index (κ1) is 9.53. The monoisotopic (exact) mass is 202 g/mol. The molecule has 1 heterocycles. The number of nitrogens with zero attached hydrogens (tertiary/aromatic N) is 2. The molecule has 0 bridgehead atoms. The normalized spacial score (nSPS) is 16.4. The van der Waals surface area contributed by atoms with Gasteiger partial charge in [-0.3, -0.25) is 0 Å². The molecule has 1 aliphatic heterocycles. The largest absolute Gasteiger partial charge is 0.492 e. The lowest BCUT2D eigenvalue weighted by atomic mass is 9.99. The van der Waals surface area contributed by atoms with Crippen LogP contribution in [0.4, 0.5) is 0 Å². The van der Waals surface area contributed by atoms with Crippen LogP contribution in [0, 0.1) is 11.3 Å². The first-order valence-corrected chi connectivity index (χ1v) is 4.63. The Morgan fingerprint density at radius 3 is 3.13 bits per heavy atom. The fraction of sp³-hybridized carbons (Fsp3) is 0.273. The van der Waals surface area contributed by atoms with E-state index in [1.54, 1.807) is 12.1 Å². The second-order valence-electron chi connectivity index (χ2n) is 3.11. The highest BCUT2D eigenvalue weighted by Crippen LogP contribution is 2.27. The number of hydrogen-bond donors (Lipinski definition) is 0. The fourth-order valence-electron chi connectivity index (χ4n) is 1.63. The molecule has 0 unspecified atom stereocenters. The smallest absolute Gasteiger partial charge is 0.129 e.